The average Bonchev–Trinajstić information content (AvgIpc) is 3.43. The Bertz CT molecular complexity index is 1120. The predicted molar refractivity (Wildman–Crippen MR) is 134 cm³/mol. The van der Waals surface area contributed by atoms with Gasteiger partial charge in [-0.15, -0.1) is 0 Å². The molecule has 8 heteroatoms. The minimum Gasteiger partial charge on any atom is -0.380 e. The number of benzene rings is 1. The normalized spacial score (nSPS) is 14.2. The van der Waals surface area contributed by atoms with Crippen molar-refractivity contribution in [3.63, 3.8) is 0 Å². The van der Waals surface area contributed by atoms with E-state index in [1.807, 2.05) is 59.0 Å². The number of carbonyl (C=O) groups excluding carboxylic acids is 2. The second kappa shape index (κ2) is 11.8. The lowest BCUT2D eigenvalue weighted by atomic mass is 9.89. The molecule has 0 atom stereocenters. The summed E-state index contributed by atoms with van der Waals surface area (Å²) in [7, 11) is 0. The van der Waals surface area contributed by atoms with Gasteiger partial charge in [-0.2, -0.15) is 0 Å². The van der Waals surface area contributed by atoms with Crippen LogP contribution in [0, 0.1) is 6.92 Å². The van der Waals surface area contributed by atoms with E-state index in [1.54, 1.807) is 12.5 Å². The summed E-state index contributed by atoms with van der Waals surface area (Å²) in [5, 5.41) is 2.95. The third-order valence-electron chi connectivity index (χ3n) is 6.27. The Balaban J connectivity index is 1.37. The highest BCUT2D eigenvalue weighted by Crippen LogP contribution is 2.30. The molecule has 184 valence electrons. The molecule has 1 aliphatic heterocycles. The maximum Gasteiger partial charge on any atom is 0.253 e. The molecule has 1 fully saturated rings. The number of likely N-dealkylation sites (tertiary alicyclic amines) is 1. The van der Waals surface area contributed by atoms with E-state index < -0.39 is 0 Å². The number of rotatable bonds is 9. The minimum atomic E-state index is -0.121. The van der Waals surface area contributed by atoms with Gasteiger partial charge in [-0.3, -0.25) is 14.6 Å². The number of ether oxygens (including phenoxy) is 1. The van der Waals surface area contributed by atoms with Gasteiger partial charge in [-0.05, 0) is 62.6 Å². The Labute approximate surface area is 206 Å². The van der Waals surface area contributed by atoms with Crippen molar-refractivity contribution in [1.29, 1.82) is 0 Å². The van der Waals surface area contributed by atoms with Crippen LogP contribution in [0.25, 0.3) is 5.69 Å². The van der Waals surface area contributed by atoms with Crippen LogP contribution in [0.4, 0.5) is 0 Å². The van der Waals surface area contributed by atoms with Gasteiger partial charge in [0.05, 0.1) is 24.2 Å². The first-order valence-electron chi connectivity index (χ1n) is 12.3. The Morgan fingerprint density at radius 2 is 1.86 bits per heavy atom. The van der Waals surface area contributed by atoms with Crippen molar-refractivity contribution in [2.24, 2.45) is 0 Å². The lowest BCUT2D eigenvalue weighted by Crippen LogP contribution is -2.38. The van der Waals surface area contributed by atoms with Crippen LogP contribution in [0.15, 0.2) is 55.1 Å². The molecule has 4 rings (SSSR count). The molecule has 0 radical (unpaired) electrons. The summed E-state index contributed by atoms with van der Waals surface area (Å²) in [5.41, 5.74) is 3.97. The van der Waals surface area contributed by atoms with Crippen LogP contribution in [0.3, 0.4) is 0 Å². The highest BCUT2D eigenvalue weighted by Gasteiger charge is 2.28. The number of pyridine rings is 1. The summed E-state index contributed by atoms with van der Waals surface area (Å²) in [6.45, 7) is 6.93. The van der Waals surface area contributed by atoms with Crippen molar-refractivity contribution in [3.05, 3.63) is 77.6 Å². The van der Waals surface area contributed by atoms with Gasteiger partial charge in [0.2, 0.25) is 0 Å². The number of aryl methyl sites for hydroxylation is 1. The number of nitrogens with one attached hydrogen (secondary N) is 1. The molecule has 1 aliphatic rings. The molecule has 0 saturated carbocycles. The van der Waals surface area contributed by atoms with Crippen molar-refractivity contribution in [2.45, 2.75) is 39.0 Å². The number of imidazole rings is 1. The second-order valence-corrected chi connectivity index (χ2v) is 8.84. The van der Waals surface area contributed by atoms with Gasteiger partial charge in [0.1, 0.15) is 0 Å². The number of aromatic nitrogens is 3. The number of amides is 2. The highest BCUT2D eigenvalue weighted by atomic mass is 16.5. The number of hydrogen-bond donors (Lipinski definition) is 1. The van der Waals surface area contributed by atoms with Gasteiger partial charge in [-0.25, -0.2) is 4.98 Å². The zero-order valence-corrected chi connectivity index (χ0v) is 20.4. The molecule has 0 spiro atoms. The molecule has 1 saturated heterocycles. The first-order chi connectivity index (χ1) is 17.1. The third-order valence-corrected chi connectivity index (χ3v) is 6.27. The second-order valence-electron chi connectivity index (χ2n) is 8.84. The third kappa shape index (κ3) is 6.14. The van der Waals surface area contributed by atoms with E-state index in [4.69, 9.17) is 9.72 Å². The van der Waals surface area contributed by atoms with Gasteiger partial charge in [-0.1, -0.05) is 6.92 Å². The van der Waals surface area contributed by atoms with E-state index in [-0.39, 0.29) is 17.7 Å². The minimum absolute atomic E-state index is 0.0304. The summed E-state index contributed by atoms with van der Waals surface area (Å²) in [5.74, 6) is 0.0478. The van der Waals surface area contributed by atoms with Crippen LogP contribution in [-0.4, -0.2) is 64.1 Å². The molecule has 3 aromatic rings. The molecule has 1 aromatic carbocycles. The summed E-state index contributed by atoms with van der Waals surface area (Å²) in [6.07, 6.45) is 7.83. The van der Waals surface area contributed by atoms with Gasteiger partial charge in [0, 0.05) is 61.5 Å². The maximum atomic E-state index is 13.1. The summed E-state index contributed by atoms with van der Waals surface area (Å²) in [6, 6.07) is 11.3. The first-order valence-corrected chi connectivity index (χ1v) is 12.3. The standard InChI is InChI=1S/C27H33N5O3/c1-3-17-35-18-13-29-26(33)24-9-4-20(2)30-25(24)21-10-14-31(15-11-21)27(34)22-5-7-23(8-6-22)32-16-12-28-19-32/h4-9,12,16,19,21H,3,10-11,13-15,17-18H2,1-2H3,(H,29,33). The Morgan fingerprint density at radius 1 is 1.09 bits per heavy atom. The molecule has 35 heavy (non-hydrogen) atoms. The summed E-state index contributed by atoms with van der Waals surface area (Å²) >= 11 is 0. The predicted octanol–water partition coefficient (Wildman–Crippen LogP) is 3.75. The number of carbonyl (C=O) groups is 2. The SMILES string of the molecule is CCCOCCNC(=O)c1ccc(C)nc1C1CCN(C(=O)c2ccc(-n3ccnc3)cc2)CC1. The van der Waals surface area contributed by atoms with E-state index >= 15 is 0 Å². The Hall–Kier alpha value is -3.52. The van der Waals surface area contributed by atoms with Crippen LogP contribution in [0.1, 0.15) is 64.2 Å². The van der Waals surface area contributed by atoms with E-state index in [1.165, 1.54) is 0 Å². The molecule has 0 unspecified atom stereocenters. The molecule has 3 heterocycles. The fraction of sp³-hybridized carbons (Fsp3) is 0.407. The van der Waals surface area contributed by atoms with E-state index in [0.29, 0.717) is 44.0 Å². The monoisotopic (exact) mass is 475 g/mol. The fourth-order valence-electron chi connectivity index (χ4n) is 4.38. The van der Waals surface area contributed by atoms with E-state index in [0.717, 1.165) is 36.3 Å². The lowest BCUT2D eigenvalue weighted by molar-refractivity contribution is 0.0710. The summed E-state index contributed by atoms with van der Waals surface area (Å²) < 4.78 is 7.36. The first kappa shape index (κ1) is 24.6. The number of piperidine rings is 1. The van der Waals surface area contributed by atoms with Gasteiger partial charge >= 0.3 is 0 Å². The van der Waals surface area contributed by atoms with Gasteiger partial charge < -0.3 is 19.5 Å². The molecular formula is C27H33N5O3. The van der Waals surface area contributed by atoms with Gasteiger partial charge in [0.25, 0.3) is 11.8 Å². The van der Waals surface area contributed by atoms with Crippen molar-refractivity contribution < 1.29 is 14.3 Å². The van der Waals surface area contributed by atoms with Crippen LogP contribution >= 0.6 is 0 Å². The van der Waals surface area contributed by atoms with Crippen molar-refractivity contribution in [1.82, 2.24) is 24.8 Å². The average molecular weight is 476 g/mol. The topological polar surface area (TPSA) is 89.4 Å². The van der Waals surface area contributed by atoms with Crippen LogP contribution < -0.4 is 5.32 Å². The highest BCUT2D eigenvalue weighted by molar-refractivity contribution is 5.96. The quantitative estimate of drug-likeness (QED) is 0.476. The molecule has 2 amide bonds. The molecule has 0 aliphatic carbocycles. The molecular weight excluding hydrogens is 442 g/mol. The van der Waals surface area contributed by atoms with E-state index in [9.17, 15) is 9.59 Å². The van der Waals surface area contributed by atoms with Crippen LogP contribution in [0.5, 0.6) is 0 Å². The smallest absolute Gasteiger partial charge is 0.253 e. The number of hydrogen-bond acceptors (Lipinski definition) is 5. The Morgan fingerprint density at radius 3 is 2.54 bits per heavy atom. The molecule has 1 N–H and O–H groups in total. The zero-order chi connectivity index (χ0) is 24.6. The van der Waals surface area contributed by atoms with Gasteiger partial charge in [0.15, 0.2) is 0 Å². The number of nitrogens with zero attached hydrogens (tertiary/aromatic N) is 4. The maximum absolute atomic E-state index is 13.1. The molecule has 0 bridgehead atoms. The van der Waals surface area contributed by atoms with Crippen LogP contribution in [0.2, 0.25) is 0 Å². The zero-order valence-electron chi connectivity index (χ0n) is 20.4. The van der Waals surface area contributed by atoms with Crippen molar-refractivity contribution in [3.8, 4) is 5.69 Å². The molecule has 8 nitrogen and oxygen atoms in total. The largest absolute Gasteiger partial charge is 0.380 e. The van der Waals surface area contributed by atoms with Crippen molar-refractivity contribution >= 4 is 11.8 Å². The fourth-order valence-corrected chi connectivity index (χ4v) is 4.38. The summed E-state index contributed by atoms with van der Waals surface area (Å²) in [4.78, 5) is 36.6. The molecule has 2 aromatic heterocycles. The Kier molecular flexibility index (Phi) is 8.26. The van der Waals surface area contributed by atoms with Crippen molar-refractivity contribution in [2.75, 3.05) is 32.8 Å². The van der Waals surface area contributed by atoms with E-state index in [2.05, 4.69) is 17.2 Å². The van der Waals surface area contributed by atoms with Crippen LogP contribution in [-0.2, 0) is 4.74 Å². The lowest BCUT2D eigenvalue weighted by Gasteiger charge is -2.32.